The van der Waals surface area contributed by atoms with Crippen LogP contribution in [0.5, 0.6) is 23.0 Å². The van der Waals surface area contributed by atoms with Crippen molar-refractivity contribution >= 4 is 16.9 Å². The van der Waals surface area contributed by atoms with Gasteiger partial charge in [0.15, 0.2) is 5.76 Å². The van der Waals surface area contributed by atoms with Gasteiger partial charge in [-0.05, 0) is 44.5 Å². The molecule has 6 N–H and O–H groups in total. The van der Waals surface area contributed by atoms with E-state index in [2.05, 4.69) is 0 Å². The maximum absolute atomic E-state index is 13.2. The molecule has 40 heavy (non-hydrogen) atoms. The summed E-state index contributed by atoms with van der Waals surface area (Å²) in [5.74, 6) is -2.37. The molecule has 4 rings (SSSR count). The van der Waals surface area contributed by atoms with Crippen molar-refractivity contribution in [1.82, 2.24) is 0 Å². The molecule has 1 aliphatic rings. The van der Waals surface area contributed by atoms with Crippen molar-refractivity contribution in [2.45, 2.75) is 57.9 Å². The molecule has 0 spiro atoms. The first-order valence-electron chi connectivity index (χ1n) is 12.4. The Morgan fingerprint density at radius 2 is 1.68 bits per heavy atom. The number of carbonyl (C=O) groups is 1. The van der Waals surface area contributed by atoms with Gasteiger partial charge in [0.2, 0.25) is 17.5 Å². The van der Waals surface area contributed by atoms with Crippen molar-refractivity contribution in [3.63, 3.8) is 0 Å². The Bertz CT molecular complexity index is 1490. The Morgan fingerprint density at radius 3 is 2.30 bits per heavy atom. The Morgan fingerprint density at radius 1 is 1.00 bits per heavy atom. The van der Waals surface area contributed by atoms with Gasteiger partial charge < -0.3 is 49.3 Å². The monoisotopic (exact) mass is 558 g/mol. The van der Waals surface area contributed by atoms with Gasteiger partial charge in [0.05, 0.1) is 0 Å². The van der Waals surface area contributed by atoms with Crippen LogP contribution in [0.4, 0.5) is 0 Å². The van der Waals surface area contributed by atoms with Crippen LogP contribution in [0.25, 0.3) is 22.3 Å². The Kier molecular flexibility index (Phi) is 8.35. The number of phenols is 2. The van der Waals surface area contributed by atoms with E-state index in [9.17, 15) is 40.2 Å². The molecule has 1 aliphatic heterocycles. The predicted molar refractivity (Wildman–Crippen MR) is 140 cm³/mol. The van der Waals surface area contributed by atoms with Gasteiger partial charge in [-0.15, -0.1) is 0 Å². The van der Waals surface area contributed by atoms with Crippen molar-refractivity contribution in [1.29, 1.82) is 0 Å². The van der Waals surface area contributed by atoms with Crippen molar-refractivity contribution in [3.8, 4) is 34.3 Å². The highest BCUT2D eigenvalue weighted by Crippen LogP contribution is 2.40. The summed E-state index contributed by atoms with van der Waals surface area (Å²) in [4.78, 5) is 24.4. The van der Waals surface area contributed by atoms with Crippen LogP contribution in [0.15, 0.2) is 51.2 Å². The number of benzene rings is 2. The molecule has 0 amide bonds. The van der Waals surface area contributed by atoms with E-state index in [1.54, 1.807) is 6.08 Å². The van der Waals surface area contributed by atoms with Gasteiger partial charge in [-0.2, -0.15) is 0 Å². The summed E-state index contributed by atoms with van der Waals surface area (Å²) in [7, 11) is 0. The van der Waals surface area contributed by atoms with Gasteiger partial charge in [-0.1, -0.05) is 11.6 Å². The second kappa shape index (κ2) is 11.6. The summed E-state index contributed by atoms with van der Waals surface area (Å²) >= 11 is 0. The first-order chi connectivity index (χ1) is 18.9. The zero-order valence-electron chi connectivity index (χ0n) is 21.9. The lowest BCUT2D eigenvalue weighted by Crippen LogP contribution is -2.60. The molecule has 0 unspecified atom stereocenters. The molecule has 1 fully saturated rings. The van der Waals surface area contributed by atoms with E-state index < -0.39 is 60.2 Å². The number of aliphatic hydroxyl groups excluding tert-OH is 3. The first-order valence-corrected chi connectivity index (χ1v) is 12.4. The zero-order valence-corrected chi connectivity index (χ0v) is 21.9. The molecule has 1 saturated heterocycles. The zero-order chi connectivity index (χ0) is 29.3. The second-order valence-electron chi connectivity index (χ2n) is 9.65. The predicted octanol–water partition coefficient (Wildman–Crippen LogP) is 1.83. The topological polar surface area (TPSA) is 196 Å². The highest BCUT2D eigenvalue weighted by molar-refractivity contribution is 5.91. The Balaban J connectivity index is 1.85. The van der Waals surface area contributed by atoms with Gasteiger partial charge in [0.25, 0.3) is 0 Å². The number of allylic oxidation sites excluding steroid dienone is 2. The maximum Gasteiger partial charge on any atom is 0.302 e. The molecule has 5 atom stereocenters. The fourth-order valence-electron chi connectivity index (χ4n) is 4.26. The summed E-state index contributed by atoms with van der Waals surface area (Å²) in [5.41, 5.74) is 0.353. The standard InChI is InChI=1S/C28H30O12/c1-12(2)4-9-16-18(38-28-25(36)23(34)21(32)19(39-28)11-37-13(3)29)10-17(31)20-22(33)24(35)26(40-27(16)20)14-5-7-15(30)8-6-14/h4-8,10,19,21,23,25,28,30-32,34-36H,9,11H2,1-3H3/t19-,21-,23+,25-,28-/m1/s1. The molecule has 0 radical (unpaired) electrons. The molecule has 0 saturated carbocycles. The van der Waals surface area contributed by atoms with Crippen LogP contribution in [0.3, 0.4) is 0 Å². The Labute approximate surface area is 227 Å². The molecule has 2 heterocycles. The number of phenolic OH excluding ortho intramolecular Hbond substituents is 2. The van der Waals surface area contributed by atoms with Crippen molar-refractivity contribution in [3.05, 3.63) is 57.8 Å². The van der Waals surface area contributed by atoms with E-state index in [1.165, 1.54) is 24.3 Å². The van der Waals surface area contributed by atoms with Crippen LogP contribution in [0, 0.1) is 0 Å². The number of hydrogen-bond acceptors (Lipinski definition) is 12. The Hall–Kier alpha value is -4.10. The third kappa shape index (κ3) is 5.75. The molecule has 0 bridgehead atoms. The first kappa shape index (κ1) is 28.9. The quantitative estimate of drug-likeness (QED) is 0.182. The maximum atomic E-state index is 13.2. The van der Waals surface area contributed by atoms with Crippen molar-refractivity contribution in [2.75, 3.05) is 6.61 Å². The van der Waals surface area contributed by atoms with Crippen LogP contribution >= 0.6 is 0 Å². The molecule has 3 aromatic rings. The average Bonchev–Trinajstić information content (AvgIpc) is 2.90. The minimum atomic E-state index is -1.75. The third-order valence-electron chi connectivity index (χ3n) is 6.39. The summed E-state index contributed by atoms with van der Waals surface area (Å²) < 4.78 is 22.3. The highest BCUT2D eigenvalue weighted by Gasteiger charge is 2.45. The van der Waals surface area contributed by atoms with E-state index in [0.29, 0.717) is 0 Å². The summed E-state index contributed by atoms with van der Waals surface area (Å²) in [5, 5.41) is 62.0. The number of rotatable bonds is 7. The third-order valence-corrected chi connectivity index (χ3v) is 6.39. The van der Waals surface area contributed by atoms with Crippen LogP contribution < -0.4 is 10.2 Å². The van der Waals surface area contributed by atoms with E-state index in [0.717, 1.165) is 18.6 Å². The van der Waals surface area contributed by atoms with Gasteiger partial charge in [-0.3, -0.25) is 9.59 Å². The number of hydrogen-bond donors (Lipinski definition) is 6. The van der Waals surface area contributed by atoms with Crippen molar-refractivity contribution in [2.24, 2.45) is 0 Å². The molecule has 2 aromatic carbocycles. The number of fused-ring (bicyclic) bond motifs is 1. The highest BCUT2D eigenvalue weighted by atomic mass is 16.7. The average molecular weight is 559 g/mol. The largest absolute Gasteiger partial charge is 0.508 e. The number of esters is 1. The van der Waals surface area contributed by atoms with E-state index in [-0.39, 0.29) is 45.8 Å². The number of aromatic hydroxyl groups is 3. The van der Waals surface area contributed by atoms with Crippen molar-refractivity contribution < 1.29 is 54.1 Å². The van der Waals surface area contributed by atoms with Gasteiger partial charge >= 0.3 is 5.97 Å². The fourth-order valence-corrected chi connectivity index (χ4v) is 4.26. The SMILES string of the molecule is CC(=O)OC[C@H]1O[C@@H](Oc2cc(O)c3c(=O)c(O)c(-c4ccc(O)cc4)oc3c2CC=C(C)C)[C@H](O)[C@@H](O)[C@@H]1O. The van der Waals surface area contributed by atoms with E-state index >= 15 is 0 Å². The minimum absolute atomic E-state index is 0.0469. The van der Waals surface area contributed by atoms with Crippen LogP contribution in [-0.2, 0) is 20.7 Å². The number of aliphatic hydroxyl groups is 3. The molecule has 12 nitrogen and oxygen atoms in total. The van der Waals surface area contributed by atoms with E-state index in [4.69, 9.17) is 18.6 Å². The molecular weight excluding hydrogens is 528 g/mol. The van der Waals surface area contributed by atoms with E-state index in [1.807, 2.05) is 13.8 Å². The summed E-state index contributed by atoms with van der Waals surface area (Å²) in [6, 6.07) is 6.62. The minimum Gasteiger partial charge on any atom is -0.508 e. The van der Waals surface area contributed by atoms with Gasteiger partial charge in [-0.25, -0.2) is 0 Å². The summed E-state index contributed by atoms with van der Waals surface area (Å²) in [6.45, 7) is 4.38. The molecule has 12 heteroatoms. The molecule has 214 valence electrons. The van der Waals surface area contributed by atoms with Crippen LogP contribution in [0.2, 0.25) is 0 Å². The fraction of sp³-hybridized carbons (Fsp3) is 0.357. The van der Waals surface area contributed by atoms with Gasteiger partial charge in [0, 0.05) is 24.1 Å². The molecule has 0 aliphatic carbocycles. The molecular formula is C28H30O12. The summed E-state index contributed by atoms with van der Waals surface area (Å²) in [6.07, 6.45) is -6.03. The lowest BCUT2D eigenvalue weighted by atomic mass is 9.99. The smallest absolute Gasteiger partial charge is 0.302 e. The second-order valence-corrected chi connectivity index (χ2v) is 9.65. The van der Waals surface area contributed by atoms with Gasteiger partial charge in [0.1, 0.15) is 59.2 Å². The lowest BCUT2D eigenvalue weighted by molar-refractivity contribution is -0.278. The van der Waals surface area contributed by atoms with Crippen LogP contribution in [-0.4, -0.2) is 73.9 Å². The lowest BCUT2D eigenvalue weighted by Gasteiger charge is -2.40. The van der Waals surface area contributed by atoms with Crippen LogP contribution in [0.1, 0.15) is 26.3 Å². The number of carbonyl (C=O) groups excluding carboxylic acids is 1. The molecule has 1 aromatic heterocycles. The number of ether oxygens (including phenoxy) is 3. The normalized spacial score (nSPS) is 22.6.